The van der Waals surface area contributed by atoms with E-state index in [4.69, 9.17) is 0 Å². The van der Waals surface area contributed by atoms with Crippen LogP contribution < -0.4 is 10.2 Å². The first-order chi connectivity index (χ1) is 14.9. The van der Waals surface area contributed by atoms with Crippen molar-refractivity contribution >= 4 is 23.2 Å². The molecule has 2 aromatic rings. The van der Waals surface area contributed by atoms with E-state index in [1.807, 2.05) is 35.2 Å². The summed E-state index contributed by atoms with van der Waals surface area (Å²) in [6, 6.07) is 14.5. The summed E-state index contributed by atoms with van der Waals surface area (Å²) < 4.78 is 0. The van der Waals surface area contributed by atoms with Crippen molar-refractivity contribution < 1.29 is 14.5 Å². The number of rotatable bonds is 5. The fourth-order valence-corrected chi connectivity index (χ4v) is 4.40. The maximum atomic E-state index is 13.0. The number of nitro benzene ring substituents is 1. The number of piperazine rings is 1. The second-order valence-electron chi connectivity index (χ2n) is 8.21. The Kier molecular flexibility index (Phi) is 5.63. The van der Waals surface area contributed by atoms with Crippen molar-refractivity contribution in [1.82, 2.24) is 10.2 Å². The SMILES string of the molecule is CC(=O)N1CCN(c2ccc(C(=O)NC3(c4ccccc4)CCC3)cc2[N+](=O)[O-])CC1. The van der Waals surface area contributed by atoms with E-state index in [-0.39, 0.29) is 23.1 Å². The van der Waals surface area contributed by atoms with Gasteiger partial charge >= 0.3 is 0 Å². The van der Waals surface area contributed by atoms with Gasteiger partial charge in [0.1, 0.15) is 5.69 Å². The Bertz CT molecular complexity index is 996. The third-order valence-corrected chi connectivity index (χ3v) is 6.39. The summed E-state index contributed by atoms with van der Waals surface area (Å²) in [7, 11) is 0. The van der Waals surface area contributed by atoms with Gasteiger partial charge in [0, 0.05) is 44.7 Å². The molecule has 1 heterocycles. The molecule has 31 heavy (non-hydrogen) atoms. The first-order valence-corrected chi connectivity index (χ1v) is 10.6. The van der Waals surface area contributed by atoms with Crippen molar-refractivity contribution in [2.75, 3.05) is 31.1 Å². The second-order valence-corrected chi connectivity index (χ2v) is 8.21. The molecule has 0 radical (unpaired) electrons. The van der Waals surface area contributed by atoms with Gasteiger partial charge in [0.15, 0.2) is 0 Å². The molecule has 1 saturated heterocycles. The highest BCUT2D eigenvalue weighted by atomic mass is 16.6. The van der Waals surface area contributed by atoms with Crippen molar-refractivity contribution in [1.29, 1.82) is 0 Å². The van der Waals surface area contributed by atoms with Gasteiger partial charge in [-0.2, -0.15) is 0 Å². The molecule has 0 atom stereocenters. The predicted molar refractivity (Wildman–Crippen MR) is 117 cm³/mol. The van der Waals surface area contributed by atoms with Gasteiger partial charge in [0.2, 0.25) is 5.91 Å². The molecule has 0 bridgehead atoms. The molecule has 8 heteroatoms. The topological polar surface area (TPSA) is 95.8 Å². The predicted octanol–water partition coefficient (Wildman–Crippen LogP) is 3.07. The third-order valence-electron chi connectivity index (χ3n) is 6.39. The lowest BCUT2D eigenvalue weighted by Crippen LogP contribution is -2.50. The standard InChI is InChI=1S/C23H26N4O4/c1-17(28)25-12-14-26(15-13-25)20-9-8-18(16-21(20)27(30)31)22(29)24-23(10-5-11-23)19-6-3-2-4-7-19/h2-4,6-9,16H,5,10-15H2,1H3,(H,24,29). The molecule has 4 rings (SSSR count). The van der Waals surface area contributed by atoms with Crippen LogP contribution in [0.5, 0.6) is 0 Å². The van der Waals surface area contributed by atoms with Crippen molar-refractivity contribution in [3.05, 3.63) is 69.8 Å². The number of hydrogen-bond donors (Lipinski definition) is 1. The van der Waals surface area contributed by atoms with Crippen LogP contribution in [-0.2, 0) is 10.3 Å². The zero-order chi connectivity index (χ0) is 22.0. The summed E-state index contributed by atoms with van der Waals surface area (Å²) in [5.41, 5.74) is 1.32. The Hall–Kier alpha value is -3.42. The molecule has 8 nitrogen and oxygen atoms in total. The number of nitrogens with zero attached hydrogens (tertiary/aromatic N) is 3. The average molecular weight is 422 g/mol. The van der Waals surface area contributed by atoms with Gasteiger partial charge in [-0.25, -0.2) is 0 Å². The normalized spacial score (nSPS) is 17.6. The number of nitro groups is 1. The highest BCUT2D eigenvalue weighted by Gasteiger charge is 2.40. The fourth-order valence-electron chi connectivity index (χ4n) is 4.40. The molecule has 1 aliphatic carbocycles. The summed E-state index contributed by atoms with van der Waals surface area (Å²) in [5.74, 6) is -0.302. The van der Waals surface area contributed by atoms with Gasteiger partial charge < -0.3 is 15.1 Å². The fraction of sp³-hybridized carbons (Fsp3) is 0.391. The van der Waals surface area contributed by atoms with Gasteiger partial charge in [0.05, 0.1) is 10.5 Å². The lowest BCUT2D eigenvalue weighted by Gasteiger charge is -2.43. The minimum Gasteiger partial charge on any atom is -0.362 e. The summed E-state index contributed by atoms with van der Waals surface area (Å²) >= 11 is 0. The minimum atomic E-state index is -0.445. The smallest absolute Gasteiger partial charge is 0.293 e. The Morgan fingerprint density at radius 1 is 1.03 bits per heavy atom. The summed E-state index contributed by atoms with van der Waals surface area (Å²) in [6.07, 6.45) is 2.73. The van der Waals surface area contributed by atoms with Crippen molar-refractivity contribution in [2.45, 2.75) is 31.7 Å². The molecule has 2 aromatic carbocycles. The van der Waals surface area contributed by atoms with E-state index < -0.39 is 10.5 Å². The molecule has 2 aliphatic rings. The third kappa shape index (κ3) is 4.10. The van der Waals surface area contributed by atoms with E-state index in [1.165, 1.54) is 13.0 Å². The van der Waals surface area contributed by atoms with Crippen molar-refractivity contribution in [3.8, 4) is 0 Å². The van der Waals surface area contributed by atoms with Crippen LogP contribution in [0.1, 0.15) is 42.1 Å². The number of benzene rings is 2. The summed E-state index contributed by atoms with van der Waals surface area (Å²) in [6.45, 7) is 3.60. The molecule has 0 unspecified atom stereocenters. The van der Waals surface area contributed by atoms with E-state index in [2.05, 4.69) is 5.32 Å². The van der Waals surface area contributed by atoms with Crippen LogP contribution in [0.25, 0.3) is 0 Å². The lowest BCUT2D eigenvalue weighted by molar-refractivity contribution is -0.384. The maximum Gasteiger partial charge on any atom is 0.293 e. The maximum absolute atomic E-state index is 13.0. The Morgan fingerprint density at radius 2 is 1.71 bits per heavy atom. The number of anilines is 1. The summed E-state index contributed by atoms with van der Waals surface area (Å²) in [5, 5.41) is 14.9. The number of carbonyl (C=O) groups excluding carboxylic acids is 2. The molecule has 0 aromatic heterocycles. The largest absolute Gasteiger partial charge is 0.362 e. The number of carbonyl (C=O) groups is 2. The Balaban J connectivity index is 1.54. The van der Waals surface area contributed by atoms with Crippen LogP contribution >= 0.6 is 0 Å². The first-order valence-electron chi connectivity index (χ1n) is 10.6. The van der Waals surface area contributed by atoms with E-state index in [1.54, 1.807) is 17.0 Å². The lowest BCUT2D eigenvalue weighted by atomic mass is 9.71. The zero-order valence-corrected chi connectivity index (χ0v) is 17.5. The van der Waals surface area contributed by atoms with Crippen LogP contribution in [0, 0.1) is 10.1 Å². The number of hydrogen-bond acceptors (Lipinski definition) is 5. The van der Waals surface area contributed by atoms with Crippen molar-refractivity contribution in [3.63, 3.8) is 0 Å². The molecule has 1 saturated carbocycles. The zero-order valence-electron chi connectivity index (χ0n) is 17.5. The quantitative estimate of drug-likeness (QED) is 0.590. The van der Waals surface area contributed by atoms with Gasteiger partial charge in [-0.1, -0.05) is 30.3 Å². The van der Waals surface area contributed by atoms with Gasteiger partial charge in [-0.05, 0) is 37.0 Å². The summed E-state index contributed by atoms with van der Waals surface area (Å²) in [4.78, 5) is 39.5. The average Bonchev–Trinajstić information content (AvgIpc) is 2.76. The second kappa shape index (κ2) is 8.37. The van der Waals surface area contributed by atoms with Gasteiger partial charge in [0.25, 0.3) is 11.6 Å². The van der Waals surface area contributed by atoms with Crippen LogP contribution in [-0.4, -0.2) is 47.8 Å². The molecule has 1 N–H and O–H groups in total. The van der Waals surface area contributed by atoms with Crippen LogP contribution in [0.3, 0.4) is 0 Å². The highest BCUT2D eigenvalue weighted by molar-refractivity contribution is 5.96. The Morgan fingerprint density at radius 3 is 2.26 bits per heavy atom. The van der Waals surface area contributed by atoms with E-state index in [0.29, 0.717) is 31.9 Å². The first kappa shape index (κ1) is 20.8. The number of amides is 2. The van der Waals surface area contributed by atoms with E-state index >= 15 is 0 Å². The van der Waals surface area contributed by atoms with E-state index in [0.717, 1.165) is 24.8 Å². The number of nitrogens with one attached hydrogen (secondary N) is 1. The van der Waals surface area contributed by atoms with Crippen LogP contribution in [0.2, 0.25) is 0 Å². The molecular weight excluding hydrogens is 396 g/mol. The van der Waals surface area contributed by atoms with Crippen LogP contribution in [0.4, 0.5) is 11.4 Å². The Labute approximate surface area is 181 Å². The molecule has 2 fully saturated rings. The van der Waals surface area contributed by atoms with E-state index in [9.17, 15) is 19.7 Å². The minimum absolute atomic E-state index is 0.00417. The molecule has 0 spiro atoms. The van der Waals surface area contributed by atoms with Gasteiger partial charge in [-0.15, -0.1) is 0 Å². The molecule has 1 aliphatic heterocycles. The van der Waals surface area contributed by atoms with Crippen molar-refractivity contribution in [2.24, 2.45) is 0 Å². The highest BCUT2D eigenvalue weighted by Crippen LogP contribution is 2.41. The van der Waals surface area contributed by atoms with Crippen LogP contribution in [0.15, 0.2) is 48.5 Å². The molecule has 162 valence electrons. The van der Waals surface area contributed by atoms with Gasteiger partial charge in [-0.3, -0.25) is 19.7 Å². The monoisotopic (exact) mass is 422 g/mol. The molecule has 2 amide bonds. The molecular formula is C23H26N4O4.